The van der Waals surface area contributed by atoms with Crippen LogP contribution in [0.25, 0.3) is 0 Å². The van der Waals surface area contributed by atoms with Gasteiger partial charge in [0, 0.05) is 12.6 Å². The van der Waals surface area contributed by atoms with Crippen molar-refractivity contribution in [3.8, 4) is 0 Å². The van der Waals surface area contributed by atoms with Gasteiger partial charge in [-0.1, -0.05) is 56.0 Å². The molecular formula is C22H32N6O. The first-order valence-electron chi connectivity index (χ1n) is 11.1. The predicted molar refractivity (Wildman–Crippen MR) is 111 cm³/mol. The molecule has 0 bridgehead atoms. The molecule has 2 aromatic rings. The summed E-state index contributed by atoms with van der Waals surface area (Å²) in [7, 11) is 0. The number of carbonyl (C=O) groups is 1. The minimum atomic E-state index is -0.0942. The summed E-state index contributed by atoms with van der Waals surface area (Å²) in [5, 5.41) is 15.0. The molecule has 2 heterocycles. The molecule has 29 heavy (non-hydrogen) atoms. The Bertz CT molecular complexity index is 742. The first kappa shape index (κ1) is 20.0. The highest BCUT2D eigenvalue weighted by Crippen LogP contribution is 2.28. The molecule has 4 rings (SSSR count). The number of amides is 1. The number of nitrogens with zero attached hydrogens (tertiary/aromatic N) is 5. The molecule has 156 valence electrons. The largest absolute Gasteiger partial charge is 0.352 e. The number of benzene rings is 1. The van der Waals surface area contributed by atoms with Crippen LogP contribution in [-0.4, -0.2) is 56.2 Å². The topological polar surface area (TPSA) is 75.9 Å². The van der Waals surface area contributed by atoms with E-state index in [4.69, 9.17) is 0 Å². The number of likely N-dealkylation sites (tertiary alicyclic amines) is 1. The van der Waals surface area contributed by atoms with Crippen molar-refractivity contribution >= 4 is 5.91 Å². The Kier molecular flexibility index (Phi) is 6.87. The number of hydrogen-bond acceptors (Lipinski definition) is 5. The van der Waals surface area contributed by atoms with E-state index in [2.05, 4.69) is 56.1 Å². The fourth-order valence-electron chi connectivity index (χ4n) is 4.78. The molecule has 2 fully saturated rings. The molecule has 1 aliphatic carbocycles. The van der Waals surface area contributed by atoms with Crippen molar-refractivity contribution in [3.05, 3.63) is 42.2 Å². The summed E-state index contributed by atoms with van der Waals surface area (Å²) in [5.74, 6) is 0.187. The number of aryl methyl sites for hydroxylation is 1. The third-order valence-corrected chi connectivity index (χ3v) is 6.38. The van der Waals surface area contributed by atoms with Crippen molar-refractivity contribution in [2.24, 2.45) is 0 Å². The minimum absolute atomic E-state index is 0.0942. The van der Waals surface area contributed by atoms with Crippen LogP contribution in [-0.2, 0) is 11.2 Å². The summed E-state index contributed by atoms with van der Waals surface area (Å²) in [6, 6.07) is 11.0. The Labute approximate surface area is 172 Å². The van der Waals surface area contributed by atoms with Gasteiger partial charge in [0.05, 0.1) is 12.1 Å². The fourth-order valence-corrected chi connectivity index (χ4v) is 4.78. The zero-order valence-corrected chi connectivity index (χ0v) is 17.1. The van der Waals surface area contributed by atoms with Gasteiger partial charge in [0.25, 0.3) is 0 Å². The second-order valence-electron chi connectivity index (χ2n) is 8.48. The molecular weight excluding hydrogens is 364 g/mol. The van der Waals surface area contributed by atoms with E-state index in [1.165, 1.54) is 31.2 Å². The van der Waals surface area contributed by atoms with Gasteiger partial charge in [-0.3, -0.25) is 9.69 Å². The van der Waals surface area contributed by atoms with E-state index in [1.54, 1.807) is 6.33 Å². The minimum Gasteiger partial charge on any atom is -0.352 e. The van der Waals surface area contributed by atoms with Gasteiger partial charge >= 0.3 is 0 Å². The number of tetrazole rings is 1. The molecule has 7 heteroatoms. The van der Waals surface area contributed by atoms with Gasteiger partial charge in [-0.25, -0.2) is 4.68 Å². The summed E-state index contributed by atoms with van der Waals surface area (Å²) >= 11 is 0. The van der Waals surface area contributed by atoms with Crippen LogP contribution in [0.3, 0.4) is 0 Å². The second kappa shape index (κ2) is 9.96. The lowest BCUT2D eigenvalue weighted by Crippen LogP contribution is -2.47. The number of nitrogens with one attached hydrogen (secondary N) is 1. The van der Waals surface area contributed by atoms with Crippen LogP contribution in [0.15, 0.2) is 36.7 Å². The zero-order chi connectivity index (χ0) is 19.9. The normalized spacial score (nSPS) is 23.7. The second-order valence-corrected chi connectivity index (χ2v) is 8.48. The van der Waals surface area contributed by atoms with E-state index in [0.717, 1.165) is 45.2 Å². The SMILES string of the molecule is O=C(NC1CCCCCC1)[C@@H]1C[C@@H](n2cnnn2)CN1CCCc1ccccc1. The standard InChI is InChI=1S/C22H32N6O/c29-22(24-19-12-6-1-2-7-13-19)21-15-20(28-17-23-25-26-28)16-27(21)14-8-11-18-9-4-3-5-10-18/h3-5,9-10,17,19-21H,1-2,6-8,11-16H2,(H,24,29)/t20-,21+/m1/s1. The number of hydrogen-bond donors (Lipinski definition) is 1. The Morgan fingerprint density at radius 2 is 1.90 bits per heavy atom. The number of carbonyl (C=O) groups excluding carboxylic acids is 1. The van der Waals surface area contributed by atoms with Crippen LogP contribution >= 0.6 is 0 Å². The first-order valence-corrected chi connectivity index (χ1v) is 11.1. The third-order valence-electron chi connectivity index (χ3n) is 6.38. The van der Waals surface area contributed by atoms with Crippen LogP contribution in [0.4, 0.5) is 0 Å². The van der Waals surface area contributed by atoms with Crippen LogP contribution in [0.5, 0.6) is 0 Å². The molecule has 1 amide bonds. The highest BCUT2D eigenvalue weighted by molar-refractivity contribution is 5.82. The lowest BCUT2D eigenvalue weighted by atomic mass is 10.1. The molecule has 2 atom stereocenters. The number of aromatic nitrogens is 4. The summed E-state index contributed by atoms with van der Waals surface area (Å²) in [4.78, 5) is 15.5. The molecule has 1 saturated carbocycles. The Hall–Kier alpha value is -2.28. The molecule has 1 saturated heterocycles. The molecule has 0 unspecified atom stereocenters. The Morgan fingerprint density at radius 3 is 2.62 bits per heavy atom. The molecule has 0 radical (unpaired) electrons. The van der Waals surface area contributed by atoms with E-state index < -0.39 is 0 Å². The summed E-state index contributed by atoms with van der Waals surface area (Å²) in [6.07, 6.45) is 11.8. The quantitative estimate of drug-likeness (QED) is 0.729. The van der Waals surface area contributed by atoms with Crippen molar-refractivity contribution in [3.63, 3.8) is 0 Å². The molecule has 0 spiro atoms. The third kappa shape index (κ3) is 5.41. The maximum Gasteiger partial charge on any atom is 0.237 e. The fraction of sp³-hybridized carbons (Fsp3) is 0.636. The lowest BCUT2D eigenvalue weighted by molar-refractivity contribution is -0.126. The van der Waals surface area contributed by atoms with Crippen LogP contribution in [0.1, 0.15) is 63.0 Å². The first-order chi connectivity index (χ1) is 14.3. The van der Waals surface area contributed by atoms with Crippen molar-refractivity contribution in [1.29, 1.82) is 0 Å². The maximum absolute atomic E-state index is 13.2. The Morgan fingerprint density at radius 1 is 1.10 bits per heavy atom. The molecule has 7 nitrogen and oxygen atoms in total. The van der Waals surface area contributed by atoms with Crippen molar-refractivity contribution in [1.82, 2.24) is 30.4 Å². The Balaban J connectivity index is 1.37. The summed E-state index contributed by atoms with van der Waals surface area (Å²) in [6.45, 7) is 1.73. The molecule has 1 aromatic heterocycles. The zero-order valence-electron chi connectivity index (χ0n) is 17.1. The highest BCUT2D eigenvalue weighted by Gasteiger charge is 2.38. The van der Waals surface area contributed by atoms with E-state index in [0.29, 0.717) is 6.04 Å². The summed E-state index contributed by atoms with van der Waals surface area (Å²) < 4.78 is 1.81. The van der Waals surface area contributed by atoms with Gasteiger partial charge in [0.1, 0.15) is 6.33 Å². The van der Waals surface area contributed by atoms with Gasteiger partial charge in [-0.2, -0.15) is 0 Å². The van der Waals surface area contributed by atoms with Gasteiger partial charge in [0.15, 0.2) is 0 Å². The molecule has 2 aliphatic rings. The molecule has 1 N–H and O–H groups in total. The molecule has 1 aliphatic heterocycles. The van der Waals surface area contributed by atoms with E-state index >= 15 is 0 Å². The number of rotatable bonds is 7. The lowest BCUT2D eigenvalue weighted by Gasteiger charge is -2.26. The van der Waals surface area contributed by atoms with Crippen molar-refractivity contribution in [2.45, 2.75) is 75.9 Å². The monoisotopic (exact) mass is 396 g/mol. The van der Waals surface area contributed by atoms with Crippen molar-refractivity contribution < 1.29 is 4.79 Å². The average Bonchev–Trinajstić information content (AvgIpc) is 3.35. The van der Waals surface area contributed by atoms with Gasteiger partial charge < -0.3 is 5.32 Å². The van der Waals surface area contributed by atoms with E-state index in [9.17, 15) is 4.79 Å². The van der Waals surface area contributed by atoms with E-state index in [-0.39, 0.29) is 18.0 Å². The summed E-state index contributed by atoms with van der Waals surface area (Å²) in [5.41, 5.74) is 1.35. The predicted octanol–water partition coefficient (Wildman–Crippen LogP) is 2.76. The van der Waals surface area contributed by atoms with E-state index in [1.807, 2.05) is 4.68 Å². The van der Waals surface area contributed by atoms with Crippen molar-refractivity contribution in [2.75, 3.05) is 13.1 Å². The smallest absolute Gasteiger partial charge is 0.237 e. The van der Waals surface area contributed by atoms with Gasteiger partial charge in [-0.15, -0.1) is 5.10 Å². The van der Waals surface area contributed by atoms with Crippen LogP contribution in [0.2, 0.25) is 0 Å². The van der Waals surface area contributed by atoms with Gasteiger partial charge in [-0.05, 0) is 54.6 Å². The van der Waals surface area contributed by atoms with Crippen LogP contribution < -0.4 is 5.32 Å². The highest BCUT2D eigenvalue weighted by atomic mass is 16.2. The average molecular weight is 397 g/mol. The van der Waals surface area contributed by atoms with Gasteiger partial charge in [0.2, 0.25) is 5.91 Å². The maximum atomic E-state index is 13.2. The molecule has 1 aromatic carbocycles. The van der Waals surface area contributed by atoms with Crippen LogP contribution in [0, 0.1) is 0 Å².